The number of benzene rings is 1. The average molecular weight is 456 g/mol. The van der Waals surface area contributed by atoms with Crippen LogP contribution < -0.4 is 0 Å². The summed E-state index contributed by atoms with van der Waals surface area (Å²) >= 11 is 1.54. The zero-order valence-corrected chi connectivity index (χ0v) is 19.5. The molecular formula is C23H29N5O3S. The summed E-state index contributed by atoms with van der Waals surface area (Å²) in [5.74, 6) is -0.588. The SMILES string of the molecule is CCCN(CCC)Cn1c(O)c(N=NC(=O)CO/N=C(/C)c2cccs2)c2ccccc21. The van der Waals surface area contributed by atoms with Gasteiger partial charge in [-0.25, -0.2) is 0 Å². The summed E-state index contributed by atoms with van der Waals surface area (Å²) < 4.78 is 1.81. The molecule has 1 aromatic carbocycles. The van der Waals surface area contributed by atoms with Crippen LogP contribution in [0.1, 0.15) is 38.5 Å². The Balaban J connectivity index is 1.75. The molecule has 32 heavy (non-hydrogen) atoms. The summed E-state index contributed by atoms with van der Waals surface area (Å²) in [7, 11) is 0. The van der Waals surface area contributed by atoms with Gasteiger partial charge in [-0.2, -0.15) is 0 Å². The van der Waals surface area contributed by atoms with Crippen LogP contribution in [-0.4, -0.2) is 45.9 Å². The Hall–Kier alpha value is -3.04. The lowest BCUT2D eigenvalue weighted by Crippen LogP contribution is -2.27. The van der Waals surface area contributed by atoms with Crippen LogP contribution in [0, 0.1) is 0 Å². The van der Waals surface area contributed by atoms with Crippen LogP contribution in [0.4, 0.5) is 5.69 Å². The monoisotopic (exact) mass is 455 g/mol. The third-order valence-electron chi connectivity index (χ3n) is 4.87. The highest BCUT2D eigenvalue weighted by molar-refractivity contribution is 7.12. The lowest BCUT2D eigenvalue weighted by molar-refractivity contribution is -0.122. The summed E-state index contributed by atoms with van der Waals surface area (Å²) in [6.07, 6.45) is 2.05. The molecular weight excluding hydrogens is 426 g/mol. The second-order valence-electron chi connectivity index (χ2n) is 7.40. The van der Waals surface area contributed by atoms with Gasteiger partial charge in [-0.05, 0) is 50.4 Å². The Kier molecular flexibility index (Phi) is 8.52. The highest BCUT2D eigenvalue weighted by Gasteiger charge is 2.18. The number of para-hydroxylation sites is 1. The van der Waals surface area contributed by atoms with Crippen LogP contribution in [0.2, 0.25) is 0 Å². The standard InChI is InChI=1S/C23H29N5O3S/c1-4-12-27(13-5-2)16-28-19-10-7-6-9-18(19)22(23(28)30)25-24-21(29)15-31-26-17(3)20-11-8-14-32-20/h6-11,14,30H,4-5,12-13,15-16H2,1-3H3/b25-24?,26-17-. The molecule has 0 aliphatic heterocycles. The molecule has 0 bridgehead atoms. The first-order valence-electron chi connectivity index (χ1n) is 10.7. The summed E-state index contributed by atoms with van der Waals surface area (Å²) in [5, 5.41) is 25.3. The van der Waals surface area contributed by atoms with Gasteiger partial charge in [0.25, 0.3) is 0 Å². The zero-order chi connectivity index (χ0) is 22.9. The van der Waals surface area contributed by atoms with Crippen molar-refractivity contribution in [1.82, 2.24) is 9.47 Å². The van der Waals surface area contributed by atoms with Crippen molar-refractivity contribution in [2.75, 3.05) is 19.7 Å². The molecule has 3 aromatic rings. The number of carbonyl (C=O) groups is 1. The van der Waals surface area contributed by atoms with E-state index >= 15 is 0 Å². The first-order chi connectivity index (χ1) is 15.5. The number of oxime groups is 1. The van der Waals surface area contributed by atoms with Gasteiger partial charge in [0.1, 0.15) is 0 Å². The Morgan fingerprint density at radius 3 is 2.59 bits per heavy atom. The number of azo groups is 1. The van der Waals surface area contributed by atoms with Crippen LogP contribution >= 0.6 is 11.3 Å². The van der Waals surface area contributed by atoms with E-state index in [0.717, 1.165) is 41.7 Å². The van der Waals surface area contributed by atoms with E-state index in [4.69, 9.17) is 4.84 Å². The number of fused-ring (bicyclic) bond motifs is 1. The van der Waals surface area contributed by atoms with Gasteiger partial charge >= 0.3 is 5.91 Å². The number of hydrogen-bond acceptors (Lipinski definition) is 7. The molecule has 0 saturated heterocycles. The molecule has 1 N–H and O–H groups in total. The molecule has 2 heterocycles. The van der Waals surface area contributed by atoms with Crippen LogP contribution in [0.15, 0.2) is 57.2 Å². The van der Waals surface area contributed by atoms with Gasteiger partial charge in [0.15, 0.2) is 12.3 Å². The lowest BCUT2D eigenvalue weighted by Gasteiger charge is -2.22. The Morgan fingerprint density at radius 1 is 1.16 bits per heavy atom. The highest BCUT2D eigenvalue weighted by atomic mass is 32.1. The van der Waals surface area contributed by atoms with E-state index in [2.05, 4.69) is 34.1 Å². The Labute approximate surface area is 191 Å². The minimum atomic E-state index is -0.581. The average Bonchev–Trinajstić information content (AvgIpc) is 3.41. The molecule has 0 aliphatic carbocycles. The normalized spacial score (nSPS) is 12.3. The van der Waals surface area contributed by atoms with Gasteiger partial charge in [-0.1, -0.05) is 43.3 Å². The largest absolute Gasteiger partial charge is 0.493 e. The maximum atomic E-state index is 12.1. The van der Waals surface area contributed by atoms with Crippen LogP contribution in [0.25, 0.3) is 10.9 Å². The van der Waals surface area contributed by atoms with Gasteiger partial charge in [-0.15, -0.1) is 21.6 Å². The molecule has 9 heteroatoms. The highest BCUT2D eigenvalue weighted by Crippen LogP contribution is 2.39. The number of thiophene rings is 1. The maximum Gasteiger partial charge on any atom is 0.304 e. The molecule has 8 nitrogen and oxygen atoms in total. The number of carbonyl (C=O) groups excluding carboxylic acids is 1. The molecule has 0 fully saturated rings. The molecule has 1 amide bonds. The number of aromatic hydroxyl groups is 1. The van der Waals surface area contributed by atoms with Crippen molar-refractivity contribution in [1.29, 1.82) is 0 Å². The van der Waals surface area contributed by atoms with Crippen LogP contribution in [0.3, 0.4) is 0 Å². The van der Waals surface area contributed by atoms with E-state index in [-0.39, 0.29) is 18.2 Å². The smallest absolute Gasteiger partial charge is 0.304 e. The number of hydrogen-bond donors (Lipinski definition) is 1. The van der Waals surface area contributed by atoms with E-state index in [1.165, 1.54) is 0 Å². The summed E-state index contributed by atoms with van der Waals surface area (Å²) in [4.78, 5) is 20.5. The number of amides is 1. The van der Waals surface area contributed by atoms with E-state index in [1.807, 2.05) is 53.3 Å². The minimum absolute atomic E-state index is 0.00700. The molecule has 170 valence electrons. The quantitative estimate of drug-likeness (QED) is 0.233. The molecule has 0 radical (unpaired) electrons. The Bertz CT molecular complexity index is 1080. The van der Waals surface area contributed by atoms with Crippen LogP contribution in [-0.2, 0) is 16.3 Å². The lowest BCUT2D eigenvalue weighted by atomic mass is 10.2. The summed E-state index contributed by atoms with van der Waals surface area (Å²) in [5.41, 5.74) is 1.81. The van der Waals surface area contributed by atoms with Crippen molar-refractivity contribution in [2.24, 2.45) is 15.4 Å². The number of aromatic nitrogens is 1. The molecule has 0 unspecified atom stereocenters. The maximum absolute atomic E-state index is 12.1. The van der Waals surface area contributed by atoms with Gasteiger partial charge in [0.05, 0.1) is 22.8 Å². The van der Waals surface area contributed by atoms with Crippen molar-refractivity contribution in [2.45, 2.75) is 40.3 Å². The fraction of sp³-hybridized carbons (Fsp3) is 0.391. The zero-order valence-electron chi connectivity index (χ0n) is 18.7. The van der Waals surface area contributed by atoms with Crippen molar-refractivity contribution in [3.8, 4) is 5.88 Å². The molecule has 0 spiro atoms. The van der Waals surface area contributed by atoms with Gasteiger partial charge in [0.2, 0.25) is 5.88 Å². The minimum Gasteiger partial charge on any atom is -0.493 e. The third-order valence-corrected chi connectivity index (χ3v) is 5.85. The van der Waals surface area contributed by atoms with Crippen molar-refractivity contribution in [3.63, 3.8) is 0 Å². The second-order valence-corrected chi connectivity index (χ2v) is 8.35. The fourth-order valence-electron chi connectivity index (χ4n) is 3.45. The summed E-state index contributed by atoms with van der Waals surface area (Å²) in [6, 6.07) is 11.4. The van der Waals surface area contributed by atoms with E-state index in [1.54, 1.807) is 11.3 Å². The topological polar surface area (TPSA) is 91.8 Å². The van der Waals surface area contributed by atoms with E-state index in [0.29, 0.717) is 12.4 Å². The third kappa shape index (κ3) is 5.80. The van der Waals surface area contributed by atoms with Gasteiger partial charge in [-0.3, -0.25) is 14.3 Å². The second kappa shape index (κ2) is 11.5. The van der Waals surface area contributed by atoms with E-state index in [9.17, 15) is 9.90 Å². The van der Waals surface area contributed by atoms with E-state index < -0.39 is 5.91 Å². The van der Waals surface area contributed by atoms with Gasteiger partial charge in [0, 0.05) is 5.39 Å². The van der Waals surface area contributed by atoms with Crippen molar-refractivity contribution < 1.29 is 14.7 Å². The van der Waals surface area contributed by atoms with Crippen molar-refractivity contribution in [3.05, 3.63) is 46.7 Å². The molecule has 0 saturated carbocycles. The fourth-order valence-corrected chi connectivity index (χ4v) is 4.12. The molecule has 2 aromatic heterocycles. The molecule has 0 atom stereocenters. The first-order valence-corrected chi connectivity index (χ1v) is 11.6. The summed E-state index contributed by atoms with van der Waals surface area (Å²) in [6.45, 7) is 8.15. The molecule has 3 rings (SSSR count). The van der Waals surface area contributed by atoms with Gasteiger partial charge < -0.3 is 9.94 Å². The number of rotatable bonds is 11. The predicted octanol–water partition coefficient (Wildman–Crippen LogP) is 5.54. The predicted molar refractivity (Wildman–Crippen MR) is 128 cm³/mol. The van der Waals surface area contributed by atoms with Crippen LogP contribution in [0.5, 0.6) is 5.88 Å². The molecule has 0 aliphatic rings. The first kappa shape index (κ1) is 23.6. The Morgan fingerprint density at radius 2 is 1.91 bits per heavy atom. The van der Waals surface area contributed by atoms with Crippen molar-refractivity contribution >= 4 is 39.5 Å². The number of nitrogens with zero attached hydrogens (tertiary/aromatic N) is 5.